The van der Waals surface area contributed by atoms with Crippen molar-refractivity contribution in [2.75, 3.05) is 0 Å². The molecule has 0 amide bonds. The number of carboxylic acid groups (broad SMARTS) is 2. The molecule has 0 rings (SSSR count). The summed E-state index contributed by atoms with van der Waals surface area (Å²) in [6.07, 6.45) is -21.5. The van der Waals surface area contributed by atoms with Crippen molar-refractivity contribution in [2.45, 2.75) is 60.5 Å². The van der Waals surface area contributed by atoms with E-state index in [1.54, 1.807) is 0 Å². The van der Waals surface area contributed by atoms with Crippen LogP contribution in [0.15, 0.2) is 12.2 Å². The van der Waals surface area contributed by atoms with E-state index >= 15 is 0 Å². The van der Waals surface area contributed by atoms with Crippen molar-refractivity contribution in [3.8, 4) is 0 Å². The van der Waals surface area contributed by atoms with Crippen molar-refractivity contribution in [1.29, 1.82) is 0 Å². The van der Waals surface area contributed by atoms with Crippen molar-refractivity contribution in [3.05, 3.63) is 12.2 Å². The Bertz CT molecular complexity index is 855. The van der Waals surface area contributed by atoms with Crippen LogP contribution in [0.1, 0.15) is 0 Å². The number of carboxylic acids is 2. The van der Waals surface area contributed by atoms with Crippen molar-refractivity contribution in [1.82, 2.24) is 0 Å². The molecule has 21 heteroatoms. The lowest BCUT2D eigenvalue weighted by Gasteiger charge is -2.42. The van der Waals surface area contributed by atoms with Gasteiger partial charge >= 0.3 is 47.5 Å². The van der Waals surface area contributed by atoms with Gasteiger partial charge in [0.25, 0.3) is 6.43 Å². The fourth-order valence-electron chi connectivity index (χ4n) is 2.28. The summed E-state index contributed by atoms with van der Waals surface area (Å²) in [6, 6.07) is 0. The number of hydrogen-bond acceptors (Lipinski definition) is 2. The minimum atomic E-state index is -8.63. The molecular weight excluding hydrogens is 567 g/mol. The van der Waals surface area contributed by atoms with Crippen LogP contribution in [0.3, 0.4) is 0 Å². The highest BCUT2D eigenvalue weighted by Crippen LogP contribution is 2.62. The molecule has 4 unspecified atom stereocenters. The van der Waals surface area contributed by atoms with Crippen LogP contribution in [0.25, 0.3) is 0 Å². The Morgan fingerprint density at radius 2 is 0.889 bits per heavy atom. The van der Waals surface area contributed by atoms with Crippen molar-refractivity contribution in [3.63, 3.8) is 0 Å². The number of carbonyl (C=O) groups is 2. The first kappa shape index (κ1) is 33.5. The Hall–Kier alpha value is -2.51. The lowest BCUT2D eigenvalue weighted by atomic mass is 9.83. The summed E-state index contributed by atoms with van der Waals surface area (Å²) in [5, 5.41) is 16.9. The van der Waals surface area contributed by atoms with Crippen molar-refractivity contribution >= 4 is 11.9 Å². The van der Waals surface area contributed by atoms with Gasteiger partial charge in [0.15, 0.2) is 12.3 Å². The van der Waals surface area contributed by atoms with Gasteiger partial charge in [0.05, 0.1) is 0 Å². The standard InChI is InChI=1S/C15H9F17O4/c1-2(8(33)34)3(9(35)36)5(17)10(21,22)12(25,26)14(29,30)15(31,32)13(27,28)11(23,24)6(18)4(16)7(19)20/h3-7H,1H2,(H,33,34)(H,35,36). The normalized spacial score (nSPS) is 17.9. The zero-order valence-electron chi connectivity index (χ0n) is 16.2. The molecule has 4 nitrogen and oxygen atoms in total. The molecule has 36 heavy (non-hydrogen) atoms. The SMILES string of the molecule is C=C(C(=O)O)C(C(=O)O)C(F)C(F)(F)C(F)(F)C(F)(F)C(F)(F)C(F)(F)C(F)(F)C(F)C(F)C(F)F. The Morgan fingerprint density at radius 3 is 1.14 bits per heavy atom. The molecule has 0 saturated heterocycles. The molecule has 0 radical (unpaired) electrons. The molecule has 0 aliphatic heterocycles. The van der Waals surface area contributed by atoms with Gasteiger partial charge in [-0.3, -0.25) is 4.79 Å². The van der Waals surface area contributed by atoms with Crippen LogP contribution in [-0.4, -0.2) is 82.6 Å². The molecular formula is C15H9F17O4. The molecule has 0 saturated carbocycles. The monoisotopic (exact) mass is 576 g/mol. The van der Waals surface area contributed by atoms with E-state index in [-0.39, 0.29) is 0 Å². The first-order chi connectivity index (χ1) is 15.6. The number of hydrogen-bond donors (Lipinski definition) is 2. The van der Waals surface area contributed by atoms with E-state index in [2.05, 4.69) is 6.58 Å². The maximum atomic E-state index is 13.9. The summed E-state index contributed by atoms with van der Waals surface area (Å²) in [5.41, 5.74) is -2.31. The molecule has 0 aliphatic carbocycles. The highest BCUT2D eigenvalue weighted by molar-refractivity contribution is 5.93. The topological polar surface area (TPSA) is 74.6 Å². The second-order valence-corrected chi connectivity index (χ2v) is 6.77. The van der Waals surface area contributed by atoms with E-state index in [1.165, 1.54) is 0 Å². The molecule has 0 aromatic heterocycles. The van der Waals surface area contributed by atoms with E-state index in [0.717, 1.165) is 0 Å². The van der Waals surface area contributed by atoms with Gasteiger partial charge in [-0.05, 0) is 0 Å². The second-order valence-electron chi connectivity index (χ2n) is 6.77. The average Bonchev–Trinajstić information content (AvgIpc) is 2.70. The lowest BCUT2D eigenvalue weighted by Crippen LogP contribution is -2.73. The summed E-state index contributed by atoms with van der Waals surface area (Å²) in [6.45, 7) is 2.13. The highest BCUT2D eigenvalue weighted by Gasteiger charge is 2.92. The van der Waals surface area contributed by atoms with Crippen LogP contribution in [0.5, 0.6) is 0 Å². The third kappa shape index (κ3) is 4.75. The van der Waals surface area contributed by atoms with Gasteiger partial charge in [-0.2, -0.15) is 52.7 Å². The maximum Gasteiger partial charge on any atom is 0.384 e. The van der Waals surface area contributed by atoms with Gasteiger partial charge < -0.3 is 10.2 Å². The largest absolute Gasteiger partial charge is 0.481 e. The van der Waals surface area contributed by atoms with E-state index < -0.39 is 83.9 Å². The fourth-order valence-corrected chi connectivity index (χ4v) is 2.28. The van der Waals surface area contributed by atoms with E-state index in [4.69, 9.17) is 10.2 Å². The summed E-state index contributed by atoms with van der Waals surface area (Å²) in [5.74, 6) is -59.4. The van der Waals surface area contributed by atoms with Gasteiger partial charge in [0.1, 0.15) is 5.92 Å². The first-order valence-electron chi connectivity index (χ1n) is 8.22. The van der Waals surface area contributed by atoms with Crippen LogP contribution in [0.4, 0.5) is 74.6 Å². The number of rotatable bonds is 13. The molecule has 0 spiro atoms. The summed E-state index contributed by atoms with van der Waals surface area (Å²) < 4.78 is 227. The molecule has 0 bridgehead atoms. The smallest absolute Gasteiger partial charge is 0.384 e. The van der Waals surface area contributed by atoms with Gasteiger partial charge in [0.2, 0.25) is 6.17 Å². The lowest BCUT2D eigenvalue weighted by molar-refractivity contribution is -0.434. The van der Waals surface area contributed by atoms with E-state index in [9.17, 15) is 84.2 Å². The Labute approximate surface area is 186 Å². The molecule has 4 atom stereocenters. The molecule has 2 N–H and O–H groups in total. The Balaban J connectivity index is 6.85. The highest BCUT2D eigenvalue weighted by atomic mass is 19.4. The molecule has 0 heterocycles. The van der Waals surface area contributed by atoms with Crippen LogP contribution < -0.4 is 0 Å². The average molecular weight is 576 g/mol. The van der Waals surface area contributed by atoms with Crippen molar-refractivity contribution in [2.24, 2.45) is 5.92 Å². The predicted octanol–water partition coefficient (Wildman–Crippen LogP) is 5.42. The fraction of sp³-hybridized carbons (Fsp3) is 0.733. The van der Waals surface area contributed by atoms with Gasteiger partial charge in [-0.15, -0.1) is 0 Å². The van der Waals surface area contributed by atoms with Gasteiger partial charge in [-0.1, -0.05) is 6.58 Å². The van der Waals surface area contributed by atoms with E-state index in [1.807, 2.05) is 0 Å². The Kier molecular flexibility index (Phi) is 9.07. The third-order valence-corrected chi connectivity index (χ3v) is 4.44. The van der Waals surface area contributed by atoms with E-state index in [0.29, 0.717) is 0 Å². The molecule has 0 fully saturated rings. The number of halogens is 17. The summed E-state index contributed by atoms with van der Waals surface area (Å²) in [4.78, 5) is 21.3. The van der Waals surface area contributed by atoms with Gasteiger partial charge in [-0.25, -0.2) is 26.7 Å². The molecule has 0 aromatic carbocycles. The number of aliphatic carboxylic acids is 2. The Morgan fingerprint density at radius 1 is 0.583 bits per heavy atom. The summed E-state index contributed by atoms with van der Waals surface area (Å²) in [7, 11) is 0. The number of alkyl halides is 17. The molecule has 0 aliphatic rings. The summed E-state index contributed by atoms with van der Waals surface area (Å²) >= 11 is 0. The minimum Gasteiger partial charge on any atom is -0.481 e. The van der Waals surface area contributed by atoms with Crippen LogP contribution >= 0.6 is 0 Å². The van der Waals surface area contributed by atoms with Gasteiger partial charge in [0, 0.05) is 5.57 Å². The maximum absolute atomic E-state index is 13.9. The minimum absolute atomic E-state index is 2.13. The molecule has 0 aromatic rings. The van der Waals surface area contributed by atoms with Crippen LogP contribution in [0.2, 0.25) is 0 Å². The third-order valence-electron chi connectivity index (χ3n) is 4.44. The predicted molar refractivity (Wildman–Crippen MR) is 78.3 cm³/mol. The first-order valence-corrected chi connectivity index (χ1v) is 8.22. The zero-order chi connectivity index (χ0) is 29.6. The molecule has 212 valence electrons. The van der Waals surface area contributed by atoms with Crippen LogP contribution in [0, 0.1) is 5.92 Å². The zero-order valence-corrected chi connectivity index (χ0v) is 16.2. The van der Waals surface area contributed by atoms with Crippen molar-refractivity contribution < 1.29 is 94.4 Å². The van der Waals surface area contributed by atoms with Crippen LogP contribution in [-0.2, 0) is 9.59 Å². The quantitative estimate of drug-likeness (QED) is 0.227. The second kappa shape index (κ2) is 9.75.